The van der Waals surface area contributed by atoms with Crippen LogP contribution in [0.2, 0.25) is 0 Å². The maximum atomic E-state index is 12.2. The predicted molar refractivity (Wildman–Crippen MR) is 95.6 cm³/mol. The molecule has 0 fully saturated rings. The molecule has 1 aromatic rings. The lowest BCUT2D eigenvalue weighted by atomic mass is 10.1. The molecule has 12 nitrogen and oxygen atoms in total. The minimum absolute atomic E-state index is 0.330. The summed E-state index contributed by atoms with van der Waals surface area (Å²) >= 11 is 0. The molecule has 0 aliphatic heterocycles. The molecule has 12 heteroatoms. The maximum Gasteiger partial charge on any atom is 0.322 e. The van der Waals surface area contributed by atoms with Crippen molar-refractivity contribution >= 4 is 23.7 Å². The van der Waals surface area contributed by atoms with E-state index in [9.17, 15) is 19.2 Å². The third-order valence-electron chi connectivity index (χ3n) is 3.48. The summed E-state index contributed by atoms with van der Waals surface area (Å²) in [7, 11) is 1.61. The van der Waals surface area contributed by atoms with Gasteiger partial charge >= 0.3 is 5.97 Å². The summed E-state index contributed by atoms with van der Waals surface area (Å²) < 4.78 is 0. The van der Waals surface area contributed by atoms with Crippen molar-refractivity contribution in [3.05, 3.63) is 29.8 Å². The number of hydrogen-bond donors (Lipinski definition) is 6. The van der Waals surface area contributed by atoms with Gasteiger partial charge in [-0.3, -0.25) is 19.2 Å². The standard InChI is InChI=1S/C16H23N5O7/c1-18-12(6-10-2-4-11(5-3-10)27-28-17)16(26)21-8-14(23)19-7-13(22)20-9-15(24)25/h2-5,12,18H,6-9,17H2,1H3,(H,19,23)(H,20,22)(H,21,26)(H,24,25). The first-order valence-electron chi connectivity index (χ1n) is 8.18. The van der Waals surface area contributed by atoms with E-state index >= 15 is 0 Å². The molecular weight excluding hydrogens is 374 g/mol. The molecule has 0 spiro atoms. The number of rotatable bonds is 12. The van der Waals surface area contributed by atoms with E-state index in [1.807, 2.05) is 0 Å². The van der Waals surface area contributed by atoms with Crippen molar-refractivity contribution in [1.29, 1.82) is 0 Å². The molecule has 0 saturated heterocycles. The largest absolute Gasteiger partial charge is 0.480 e. The van der Waals surface area contributed by atoms with Crippen LogP contribution < -0.4 is 32.1 Å². The molecule has 1 aromatic carbocycles. The second-order valence-electron chi connectivity index (χ2n) is 5.53. The third-order valence-corrected chi connectivity index (χ3v) is 3.48. The third kappa shape index (κ3) is 8.93. The van der Waals surface area contributed by atoms with Crippen molar-refractivity contribution in [1.82, 2.24) is 21.3 Å². The first-order chi connectivity index (χ1) is 13.3. The van der Waals surface area contributed by atoms with Crippen molar-refractivity contribution < 1.29 is 34.2 Å². The average molecular weight is 397 g/mol. The highest BCUT2D eigenvalue weighted by atomic mass is 17.3. The van der Waals surface area contributed by atoms with Gasteiger partial charge in [-0.15, -0.1) is 0 Å². The zero-order chi connectivity index (χ0) is 20.9. The van der Waals surface area contributed by atoms with Crippen LogP contribution in [0.15, 0.2) is 24.3 Å². The van der Waals surface area contributed by atoms with Crippen LogP contribution in [0.5, 0.6) is 5.75 Å². The fraction of sp³-hybridized carbons (Fsp3) is 0.375. The predicted octanol–water partition coefficient (Wildman–Crippen LogP) is -2.57. The Bertz CT molecular complexity index is 680. The average Bonchev–Trinajstić information content (AvgIpc) is 2.68. The van der Waals surface area contributed by atoms with E-state index in [2.05, 4.69) is 31.1 Å². The van der Waals surface area contributed by atoms with Crippen molar-refractivity contribution in [2.45, 2.75) is 12.5 Å². The summed E-state index contributed by atoms with van der Waals surface area (Å²) in [5.74, 6) is 2.37. The Morgan fingerprint density at radius 2 is 1.57 bits per heavy atom. The van der Waals surface area contributed by atoms with Crippen LogP contribution >= 0.6 is 0 Å². The summed E-state index contributed by atoms with van der Waals surface area (Å²) in [6.45, 7) is -1.26. The van der Waals surface area contributed by atoms with Gasteiger partial charge in [0.05, 0.1) is 19.1 Å². The first kappa shape index (κ1) is 22.8. The number of nitrogens with one attached hydrogen (secondary N) is 4. The second kappa shape index (κ2) is 12.2. The van der Waals surface area contributed by atoms with Gasteiger partial charge in [0.2, 0.25) is 17.7 Å². The Morgan fingerprint density at radius 3 is 2.11 bits per heavy atom. The number of carboxylic acid groups (broad SMARTS) is 1. The van der Waals surface area contributed by atoms with E-state index < -0.39 is 42.8 Å². The van der Waals surface area contributed by atoms with Crippen LogP contribution in [-0.2, 0) is 30.6 Å². The number of carbonyl (C=O) groups excluding carboxylic acids is 3. The van der Waals surface area contributed by atoms with Crippen molar-refractivity contribution in [3.8, 4) is 5.75 Å². The van der Waals surface area contributed by atoms with E-state index in [1.54, 1.807) is 31.3 Å². The Hall–Kier alpha value is -3.22. The van der Waals surface area contributed by atoms with E-state index in [-0.39, 0.29) is 6.54 Å². The molecule has 1 rings (SSSR count). The van der Waals surface area contributed by atoms with Gasteiger partial charge in [0.25, 0.3) is 0 Å². The fourth-order valence-electron chi connectivity index (χ4n) is 2.07. The highest BCUT2D eigenvalue weighted by Crippen LogP contribution is 2.13. The van der Waals surface area contributed by atoms with Crippen LogP contribution in [0.4, 0.5) is 0 Å². The van der Waals surface area contributed by atoms with Crippen molar-refractivity contribution in [2.24, 2.45) is 5.90 Å². The normalized spacial score (nSPS) is 11.2. The Morgan fingerprint density at radius 1 is 1.00 bits per heavy atom. The lowest BCUT2D eigenvalue weighted by molar-refractivity contribution is -0.211. The van der Waals surface area contributed by atoms with Crippen LogP contribution in [0.25, 0.3) is 0 Å². The zero-order valence-electron chi connectivity index (χ0n) is 15.2. The smallest absolute Gasteiger partial charge is 0.322 e. The van der Waals surface area contributed by atoms with E-state index in [0.29, 0.717) is 12.2 Å². The molecule has 0 heterocycles. The molecule has 0 aliphatic carbocycles. The number of carbonyl (C=O) groups is 4. The summed E-state index contributed by atoms with van der Waals surface area (Å²) in [5.41, 5.74) is 0.832. The van der Waals surface area contributed by atoms with Crippen LogP contribution in [0.1, 0.15) is 5.56 Å². The molecule has 0 radical (unpaired) electrons. The van der Waals surface area contributed by atoms with Gasteiger partial charge in [-0.2, -0.15) is 5.90 Å². The van der Waals surface area contributed by atoms with Gasteiger partial charge in [-0.1, -0.05) is 17.1 Å². The minimum atomic E-state index is -1.19. The fourth-order valence-corrected chi connectivity index (χ4v) is 2.07. The minimum Gasteiger partial charge on any atom is -0.480 e. The molecule has 1 atom stereocenters. The molecule has 1 unspecified atom stereocenters. The lowest BCUT2D eigenvalue weighted by Crippen LogP contribution is -2.48. The number of amides is 3. The number of hydrogen-bond acceptors (Lipinski definition) is 8. The summed E-state index contributed by atoms with van der Waals surface area (Å²) in [4.78, 5) is 54.2. The molecule has 0 aliphatic rings. The molecule has 0 aromatic heterocycles. The summed E-state index contributed by atoms with van der Waals surface area (Å²) in [6, 6.07) is 6.11. The molecule has 154 valence electrons. The highest BCUT2D eigenvalue weighted by Gasteiger charge is 2.18. The molecule has 28 heavy (non-hydrogen) atoms. The van der Waals surface area contributed by atoms with Crippen LogP contribution in [0, 0.1) is 0 Å². The second-order valence-corrected chi connectivity index (χ2v) is 5.53. The van der Waals surface area contributed by atoms with Crippen molar-refractivity contribution in [2.75, 3.05) is 26.7 Å². The number of nitrogens with two attached hydrogens (primary N) is 1. The molecule has 3 amide bonds. The van der Waals surface area contributed by atoms with Crippen molar-refractivity contribution in [3.63, 3.8) is 0 Å². The van der Waals surface area contributed by atoms with Crippen LogP contribution in [-0.4, -0.2) is 61.5 Å². The zero-order valence-corrected chi connectivity index (χ0v) is 15.2. The number of carboxylic acids is 1. The first-order valence-corrected chi connectivity index (χ1v) is 8.18. The monoisotopic (exact) mass is 397 g/mol. The maximum absolute atomic E-state index is 12.2. The van der Waals surface area contributed by atoms with Crippen LogP contribution in [0.3, 0.4) is 0 Å². The number of aliphatic carboxylic acids is 1. The molecule has 7 N–H and O–H groups in total. The Kier molecular flexibility index (Phi) is 9.96. The van der Waals surface area contributed by atoms with Gasteiger partial charge in [0.15, 0.2) is 5.75 Å². The van der Waals surface area contributed by atoms with Gasteiger partial charge in [-0.25, -0.2) is 0 Å². The molecule has 0 bridgehead atoms. The lowest BCUT2D eigenvalue weighted by Gasteiger charge is -2.16. The highest BCUT2D eigenvalue weighted by molar-refractivity contribution is 5.90. The molecular formula is C16H23N5O7. The van der Waals surface area contributed by atoms with Gasteiger partial charge < -0.3 is 31.3 Å². The number of benzene rings is 1. The summed E-state index contributed by atoms with van der Waals surface area (Å²) in [5, 5.41) is 18.1. The van der Waals surface area contributed by atoms with E-state index in [1.165, 1.54) is 0 Å². The van der Waals surface area contributed by atoms with E-state index in [4.69, 9.17) is 11.0 Å². The van der Waals surface area contributed by atoms with E-state index in [0.717, 1.165) is 5.56 Å². The van der Waals surface area contributed by atoms with Gasteiger partial charge in [0.1, 0.15) is 6.54 Å². The molecule has 0 saturated carbocycles. The van der Waals surface area contributed by atoms with Gasteiger partial charge in [0, 0.05) is 0 Å². The SMILES string of the molecule is CNC(Cc1ccc(OON)cc1)C(=O)NCC(=O)NCC(=O)NCC(=O)O. The van der Waals surface area contributed by atoms with Gasteiger partial charge in [-0.05, 0) is 31.2 Å². The Labute approximate surface area is 160 Å². The Balaban J connectivity index is 2.39. The summed E-state index contributed by atoms with van der Waals surface area (Å²) in [6.07, 6.45) is 0.352. The number of likely N-dealkylation sites (N-methyl/N-ethyl adjacent to an activating group) is 1. The topological polar surface area (TPSA) is 181 Å². The quantitative estimate of drug-likeness (QED) is 0.163.